The third-order valence-electron chi connectivity index (χ3n) is 11.6. The SMILES string of the molecule is CCCCCCCCCCCCCCCCCCCCCCCCCCCCCCCC(=O)OC(COC(=O)CCCCCCCC)COC(OCC[N+](C)(C)C)C(=O)O. The lowest BCUT2D eigenvalue weighted by Crippen LogP contribution is -2.40. The van der Waals surface area contributed by atoms with Crippen LogP contribution in [-0.4, -0.2) is 87.4 Å². The molecule has 2 unspecified atom stereocenters. The average molecular weight is 855 g/mol. The van der Waals surface area contributed by atoms with Crippen LogP contribution in [-0.2, 0) is 33.3 Å². The zero-order chi connectivity index (χ0) is 44.2. The molecule has 0 saturated carbocycles. The number of nitrogens with zero attached hydrogens (tertiary/aromatic N) is 1. The molecule has 0 spiro atoms. The second-order valence-corrected chi connectivity index (χ2v) is 18.9. The van der Waals surface area contributed by atoms with Crippen molar-refractivity contribution in [3.63, 3.8) is 0 Å². The minimum atomic E-state index is -1.50. The molecule has 0 aromatic heterocycles. The van der Waals surface area contributed by atoms with Crippen LogP contribution < -0.4 is 0 Å². The monoisotopic (exact) mass is 855 g/mol. The van der Waals surface area contributed by atoms with Gasteiger partial charge in [-0.2, -0.15) is 0 Å². The Morgan fingerprint density at radius 1 is 0.433 bits per heavy atom. The molecule has 0 heterocycles. The summed E-state index contributed by atoms with van der Waals surface area (Å²) in [6.45, 7) is 4.84. The number of carbonyl (C=O) groups excluding carboxylic acids is 2. The van der Waals surface area contributed by atoms with Crippen LogP contribution in [0.2, 0.25) is 0 Å². The fourth-order valence-electron chi connectivity index (χ4n) is 7.60. The summed E-state index contributed by atoms with van der Waals surface area (Å²) >= 11 is 0. The van der Waals surface area contributed by atoms with Crippen LogP contribution in [0.15, 0.2) is 0 Å². The molecule has 2 atom stereocenters. The zero-order valence-electron chi connectivity index (χ0n) is 40.4. The predicted octanol–water partition coefficient (Wildman–Crippen LogP) is 14.1. The maximum absolute atomic E-state index is 12.7. The lowest BCUT2D eigenvalue weighted by atomic mass is 10.0. The van der Waals surface area contributed by atoms with E-state index in [2.05, 4.69) is 13.8 Å². The number of carboxylic acid groups (broad SMARTS) is 1. The number of carboxylic acids is 1. The fraction of sp³-hybridized carbons (Fsp3) is 0.941. The van der Waals surface area contributed by atoms with Crippen LogP contribution in [0.3, 0.4) is 0 Å². The van der Waals surface area contributed by atoms with Gasteiger partial charge in [0, 0.05) is 12.8 Å². The molecular formula is C51H100NO8+. The maximum Gasteiger partial charge on any atom is 0.361 e. The van der Waals surface area contributed by atoms with Crippen molar-refractivity contribution in [3.8, 4) is 0 Å². The van der Waals surface area contributed by atoms with Crippen LogP contribution in [0.5, 0.6) is 0 Å². The van der Waals surface area contributed by atoms with Gasteiger partial charge in [0.2, 0.25) is 0 Å². The Morgan fingerprint density at radius 2 is 0.750 bits per heavy atom. The Kier molecular flexibility index (Phi) is 42.7. The average Bonchev–Trinajstić information content (AvgIpc) is 3.21. The number of carbonyl (C=O) groups is 3. The van der Waals surface area contributed by atoms with Gasteiger partial charge >= 0.3 is 17.9 Å². The number of quaternary nitrogens is 1. The van der Waals surface area contributed by atoms with Crippen molar-refractivity contribution in [2.24, 2.45) is 0 Å². The van der Waals surface area contributed by atoms with E-state index < -0.39 is 24.3 Å². The van der Waals surface area contributed by atoms with Crippen LogP contribution in [0.25, 0.3) is 0 Å². The number of unbranched alkanes of at least 4 members (excludes halogenated alkanes) is 33. The first-order valence-electron chi connectivity index (χ1n) is 25.7. The van der Waals surface area contributed by atoms with E-state index in [1.165, 1.54) is 186 Å². The summed E-state index contributed by atoms with van der Waals surface area (Å²) in [6.07, 6.45) is 43.7. The Balaban J connectivity index is 3.95. The fourth-order valence-corrected chi connectivity index (χ4v) is 7.60. The second-order valence-electron chi connectivity index (χ2n) is 18.9. The predicted molar refractivity (Wildman–Crippen MR) is 249 cm³/mol. The highest BCUT2D eigenvalue weighted by Crippen LogP contribution is 2.17. The van der Waals surface area contributed by atoms with Crippen molar-refractivity contribution in [2.75, 3.05) is 47.5 Å². The molecule has 0 rings (SSSR count). The number of hydrogen-bond donors (Lipinski definition) is 1. The van der Waals surface area contributed by atoms with Crippen molar-refractivity contribution in [1.82, 2.24) is 0 Å². The number of hydrogen-bond acceptors (Lipinski definition) is 7. The van der Waals surface area contributed by atoms with Gasteiger partial charge in [-0.05, 0) is 12.8 Å². The van der Waals surface area contributed by atoms with Crippen LogP contribution in [0.4, 0.5) is 0 Å². The van der Waals surface area contributed by atoms with E-state index in [0.29, 0.717) is 17.4 Å². The van der Waals surface area contributed by atoms with E-state index in [1.54, 1.807) is 0 Å². The van der Waals surface area contributed by atoms with Crippen LogP contribution in [0.1, 0.15) is 251 Å². The van der Waals surface area contributed by atoms with Gasteiger partial charge in [-0.3, -0.25) is 9.59 Å². The van der Waals surface area contributed by atoms with Crippen molar-refractivity contribution < 1.29 is 42.9 Å². The van der Waals surface area contributed by atoms with Crippen molar-refractivity contribution >= 4 is 17.9 Å². The number of ether oxygens (including phenoxy) is 4. The summed E-state index contributed by atoms with van der Waals surface area (Å²) in [4.78, 5) is 36.9. The molecule has 0 aromatic carbocycles. The molecule has 0 aromatic rings. The lowest BCUT2D eigenvalue weighted by molar-refractivity contribution is -0.870. The summed E-state index contributed by atoms with van der Waals surface area (Å²) in [6, 6.07) is 0. The highest BCUT2D eigenvalue weighted by Gasteiger charge is 2.25. The van der Waals surface area contributed by atoms with E-state index in [-0.39, 0.29) is 32.2 Å². The Bertz CT molecular complexity index is 954. The molecule has 0 amide bonds. The summed E-state index contributed by atoms with van der Waals surface area (Å²) < 4.78 is 22.6. The van der Waals surface area contributed by atoms with Crippen molar-refractivity contribution in [1.29, 1.82) is 0 Å². The summed E-state index contributed by atoms with van der Waals surface area (Å²) in [7, 11) is 5.96. The second kappa shape index (κ2) is 43.9. The standard InChI is InChI=1S/C51H99NO8/c1-6-8-10-12-14-15-16-17-18-19-20-21-22-23-24-25-26-27-28-29-30-31-32-33-34-35-36-38-40-42-49(54)60-47(45-58-48(53)41-39-37-13-11-9-7-2)46-59-51(50(55)56)57-44-43-52(3,4)5/h47,51H,6-46H2,1-5H3/p+1. The molecule has 356 valence electrons. The third-order valence-corrected chi connectivity index (χ3v) is 11.6. The smallest absolute Gasteiger partial charge is 0.361 e. The number of rotatable bonds is 48. The molecule has 0 radical (unpaired) electrons. The molecule has 0 aliphatic heterocycles. The molecule has 9 heteroatoms. The van der Waals surface area contributed by atoms with E-state index in [0.717, 1.165) is 38.5 Å². The van der Waals surface area contributed by atoms with Crippen LogP contribution >= 0.6 is 0 Å². The molecule has 9 nitrogen and oxygen atoms in total. The summed E-state index contributed by atoms with van der Waals surface area (Å²) in [5.41, 5.74) is 0. The summed E-state index contributed by atoms with van der Waals surface area (Å²) in [5.74, 6) is -2.00. The maximum atomic E-state index is 12.7. The van der Waals surface area contributed by atoms with Gasteiger partial charge in [-0.1, -0.05) is 226 Å². The highest BCUT2D eigenvalue weighted by atomic mass is 16.7. The van der Waals surface area contributed by atoms with E-state index in [9.17, 15) is 19.5 Å². The third kappa shape index (κ3) is 44.3. The minimum absolute atomic E-state index is 0.175. The molecule has 0 fully saturated rings. The van der Waals surface area contributed by atoms with Crippen molar-refractivity contribution in [2.45, 2.75) is 264 Å². The number of esters is 2. The molecule has 0 aliphatic carbocycles. The first kappa shape index (κ1) is 58.3. The largest absolute Gasteiger partial charge is 0.477 e. The quantitative estimate of drug-likeness (QED) is 0.0279. The van der Waals surface area contributed by atoms with Gasteiger partial charge in [0.05, 0.1) is 34.4 Å². The van der Waals surface area contributed by atoms with E-state index in [4.69, 9.17) is 18.9 Å². The zero-order valence-corrected chi connectivity index (χ0v) is 40.4. The highest BCUT2D eigenvalue weighted by molar-refractivity contribution is 5.71. The Labute approximate surface area is 371 Å². The Morgan fingerprint density at radius 3 is 1.07 bits per heavy atom. The van der Waals surface area contributed by atoms with Crippen molar-refractivity contribution in [3.05, 3.63) is 0 Å². The minimum Gasteiger partial charge on any atom is -0.477 e. The van der Waals surface area contributed by atoms with Gasteiger partial charge < -0.3 is 28.5 Å². The molecule has 60 heavy (non-hydrogen) atoms. The van der Waals surface area contributed by atoms with Gasteiger partial charge in [-0.15, -0.1) is 0 Å². The van der Waals surface area contributed by atoms with Gasteiger partial charge in [0.15, 0.2) is 6.10 Å². The van der Waals surface area contributed by atoms with Gasteiger partial charge in [-0.25, -0.2) is 4.79 Å². The molecule has 0 bridgehead atoms. The summed E-state index contributed by atoms with van der Waals surface area (Å²) in [5, 5.41) is 9.61. The van der Waals surface area contributed by atoms with Gasteiger partial charge in [0.1, 0.15) is 13.2 Å². The number of likely N-dealkylation sites (N-methyl/N-ethyl adjacent to an activating group) is 1. The number of aliphatic carboxylic acids is 1. The Hall–Kier alpha value is -1.71. The lowest BCUT2D eigenvalue weighted by Gasteiger charge is -2.25. The first-order chi connectivity index (χ1) is 29.1. The molecule has 1 N–H and O–H groups in total. The van der Waals surface area contributed by atoms with E-state index >= 15 is 0 Å². The van der Waals surface area contributed by atoms with E-state index in [1.807, 2.05) is 21.1 Å². The molecule has 0 aliphatic rings. The van der Waals surface area contributed by atoms with Gasteiger partial charge in [0.25, 0.3) is 6.29 Å². The topological polar surface area (TPSA) is 108 Å². The molecular weight excluding hydrogens is 755 g/mol. The first-order valence-corrected chi connectivity index (χ1v) is 25.7. The molecule has 0 saturated heterocycles. The van der Waals surface area contributed by atoms with Crippen LogP contribution in [0, 0.1) is 0 Å². The normalized spacial score (nSPS) is 12.8.